The lowest BCUT2D eigenvalue weighted by molar-refractivity contribution is 0.103. The van der Waals surface area contributed by atoms with Crippen LogP contribution in [0.2, 0.25) is 0 Å². The Kier molecular flexibility index (Phi) is 5.53. The number of rotatable bonds is 7. The highest BCUT2D eigenvalue weighted by molar-refractivity contribution is 6.10. The molecule has 0 bridgehead atoms. The smallest absolute Gasteiger partial charge is 0.193 e. The molecule has 2 aromatic rings. The van der Waals surface area contributed by atoms with Gasteiger partial charge in [0.25, 0.3) is 0 Å². The van der Waals surface area contributed by atoms with Gasteiger partial charge in [-0.15, -0.1) is 0 Å². The Labute approximate surface area is 160 Å². The van der Waals surface area contributed by atoms with Crippen molar-refractivity contribution in [3.8, 4) is 5.75 Å². The van der Waals surface area contributed by atoms with Crippen molar-refractivity contribution in [3.63, 3.8) is 0 Å². The van der Waals surface area contributed by atoms with E-state index in [1.54, 1.807) is 7.11 Å². The van der Waals surface area contributed by atoms with Crippen LogP contribution in [0.1, 0.15) is 40.4 Å². The molecule has 5 nitrogen and oxygen atoms in total. The summed E-state index contributed by atoms with van der Waals surface area (Å²) in [5, 5.41) is 7.16. The summed E-state index contributed by atoms with van der Waals surface area (Å²) >= 11 is 0. The number of piperidine rings is 1. The zero-order valence-corrected chi connectivity index (χ0v) is 15.6. The topological polar surface area (TPSA) is 62.9 Å². The first kappa shape index (κ1) is 18.2. The second-order valence-electron chi connectivity index (χ2n) is 7.19. The maximum absolute atomic E-state index is 13.2. The van der Waals surface area contributed by atoms with Crippen LogP contribution in [0.5, 0.6) is 5.75 Å². The fourth-order valence-electron chi connectivity index (χ4n) is 3.76. The van der Waals surface area contributed by atoms with E-state index in [4.69, 9.17) is 9.47 Å². The van der Waals surface area contributed by atoms with Crippen molar-refractivity contribution in [2.24, 2.45) is 0 Å². The molecule has 2 fully saturated rings. The number of methoxy groups -OCH3 is 1. The molecular weight excluding hydrogens is 340 g/mol. The summed E-state index contributed by atoms with van der Waals surface area (Å²) in [6.07, 6.45) is 2.33. The fourth-order valence-corrected chi connectivity index (χ4v) is 3.76. The molecule has 0 amide bonds. The van der Waals surface area contributed by atoms with E-state index in [0.29, 0.717) is 11.6 Å². The van der Waals surface area contributed by atoms with E-state index >= 15 is 0 Å². The SMILES string of the molecule is COc1ccc(C(=O)c2ccccc2C(NC2CCNCC2)C2CO2)cc1. The lowest BCUT2D eigenvalue weighted by Crippen LogP contribution is -2.43. The second-order valence-corrected chi connectivity index (χ2v) is 7.19. The summed E-state index contributed by atoms with van der Waals surface area (Å²) in [6, 6.07) is 15.7. The van der Waals surface area contributed by atoms with Crippen molar-refractivity contribution in [2.45, 2.75) is 31.0 Å². The third-order valence-electron chi connectivity index (χ3n) is 5.38. The normalized spacial score (nSPS) is 20.9. The number of nitrogens with one attached hydrogen (secondary N) is 2. The first-order valence-electron chi connectivity index (χ1n) is 9.62. The molecule has 142 valence electrons. The molecule has 2 N–H and O–H groups in total. The van der Waals surface area contributed by atoms with Gasteiger partial charge >= 0.3 is 0 Å². The Morgan fingerprint density at radius 1 is 1.15 bits per heavy atom. The predicted octanol–water partition coefficient (Wildman–Crippen LogP) is 2.71. The minimum atomic E-state index is 0.0333. The first-order valence-corrected chi connectivity index (χ1v) is 9.62. The van der Waals surface area contributed by atoms with Gasteiger partial charge in [0.05, 0.1) is 19.8 Å². The molecule has 2 unspecified atom stereocenters. The number of carbonyl (C=O) groups is 1. The van der Waals surface area contributed by atoms with Crippen molar-refractivity contribution < 1.29 is 14.3 Å². The zero-order chi connectivity index (χ0) is 18.6. The van der Waals surface area contributed by atoms with E-state index in [9.17, 15) is 4.79 Å². The average Bonchev–Trinajstić information content (AvgIpc) is 3.58. The number of carbonyl (C=O) groups excluding carboxylic acids is 1. The second kappa shape index (κ2) is 8.21. The lowest BCUT2D eigenvalue weighted by atomic mass is 9.91. The molecule has 5 heteroatoms. The molecule has 4 rings (SSSR count). The Morgan fingerprint density at radius 3 is 2.52 bits per heavy atom. The summed E-state index contributed by atoms with van der Waals surface area (Å²) in [6.45, 7) is 2.80. The van der Waals surface area contributed by atoms with Gasteiger partial charge in [-0.05, 0) is 55.8 Å². The van der Waals surface area contributed by atoms with Crippen LogP contribution in [0.25, 0.3) is 0 Å². The van der Waals surface area contributed by atoms with E-state index in [-0.39, 0.29) is 17.9 Å². The summed E-state index contributed by atoms with van der Waals surface area (Å²) in [5.41, 5.74) is 2.43. The number of epoxide rings is 1. The van der Waals surface area contributed by atoms with Gasteiger partial charge in [0, 0.05) is 17.2 Å². The molecular formula is C22H26N2O3. The van der Waals surface area contributed by atoms with Crippen LogP contribution in [0.3, 0.4) is 0 Å². The molecule has 2 heterocycles. The van der Waals surface area contributed by atoms with Crippen LogP contribution < -0.4 is 15.4 Å². The van der Waals surface area contributed by atoms with E-state index in [1.165, 1.54) is 0 Å². The van der Waals surface area contributed by atoms with E-state index in [1.807, 2.05) is 42.5 Å². The van der Waals surface area contributed by atoms with Crippen molar-refractivity contribution >= 4 is 5.78 Å². The highest BCUT2D eigenvalue weighted by atomic mass is 16.6. The molecule has 2 atom stereocenters. The summed E-state index contributed by atoms with van der Waals surface area (Å²) in [5.74, 6) is 0.780. The minimum absolute atomic E-state index is 0.0333. The van der Waals surface area contributed by atoms with Crippen molar-refractivity contribution in [1.82, 2.24) is 10.6 Å². The molecule has 27 heavy (non-hydrogen) atoms. The Balaban J connectivity index is 1.61. The van der Waals surface area contributed by atoms with Gasteiger partial charge in [-0.25, -0.2) is 0 Å². The standard InChI is InChI=1S/C22H26N2O3/c1-26-17-8-6-15(7-9-17)22(25)19-5-3-2-4-18(19)21(20-14-27-20)24-16-10-12-23-13-11-16/h2-9,16,20-21,23-24H,10-14H2,1H3. The molecule has 0 aliphatic carbocycles. The van der Waals surface area contributed by atoms with Crippen molar-refractivity contribution in [2.75, 3.05) is 26.8 Å². The maximum Gasteiger partial charge on any atom is 0.193 e. The minimum Gasteiger partial charge on any atom is -0.497 e. The highest BCUT2D eigenvalue weighted by Gasteiger charge is 2.37. The number of ketones is 1. The van der Waals surface area contributed by atoms with Gasteiger partial charge < -0.3 is 20.1 Å². The third kappa shape index (κ3) is 4.21. The number of benzene rings is 2. The maximum atomic E-state index is 13.2. The van der Waals surface area contributed by atoms with Crippen LogP contribution in [0, 0.1) is 0 Å². The molecule has 0 aromatic heterocycles. The van der Waals surface area contributed by atoms with Crippen LogP contribution in [-0.2, 0) is 4.74 Å². The first-order chi connectivity index (χ1) is 13.3. The molecule has 2 aromatic carbocycles. The predicted molar refractivity (Wildman–Crippen MR) is 104 cm³/mol. The van der Waals surface area contributed by atoms with Crippen LogP contribution >= 0.6 is 0 Å². The van der Waals surface area contributed by atoms with Gasteiger partial charge in [-0.2, -0.15) is 0 Å². The Hall–Kier alpha value is -2.21. The van der Waals surface area contributed by atoms with E-state index < -0.39 is 0 Å². The summed E-state index contributed by atoms with van der Waals surface area (Å²) in [7, 11) is 1.62. The van der Waals surface area contributed by atoms with Gasteiger partial charge in [0.15, 0.2) is 5.78 Å². The van der Waals surface area contributed by atoms with E-state index in [0.717, 1.165) is 49.4 Å². The van der Waals surface area contributed by atoms with Gasteiger partial charge in [-0.3, -0.25) is 4.79 Å². The molecule has 0 radical (unpaired) electrons. The van der Waals surface area contributed by atoms with Gasteiger partial charge in [-0.1, -0.05) is 24.3 Å². The average molecular weight is 366 g/mol. The lowest BCUT2D eigenvalue weighted by Gasteiger charge is -2.29. The number of hydrogen-bond donors (Lipinski definition) is 2. The van der Waals surface area contributed by atoms with Gasteiger partial charge in [0.2, 0.25) is 0 Å². The zero-order valence-electron chi connectivity index (χ0n) is 15.6. The quantitative estimate of drug-likeness (QED) is 0.583. The molecule has 0 spiro atoms. The molecule has 2 saturated heterocycles. The third-order valence-corrected chi connectivity index (χ3v) is 5.38. The number of ether oxygens (including phenoxy) is 2. The molecule has 2 aliphatic heterocycles. The largest absolute Gasteiger partial charge is 0.497 e. The Bertz CT molecular complexity index is 780. The molecule has 2 aliphatic rings. The van der Waals surface area contributed by atoms with Crippen LogP contribution in [0.15, 0.2) is 48.5 Å². The summed E-state index contributed by atoms with van der Waals surface area (Å²) in [4.78, 5) is 13.2. The van der Waals surface area contributed by atoms with Crippen LogP contribution in [0.4, 0.5) is 0 Å². The van der Waals surface area contributed by atoms with Gasteiger partial charge in [0.1, 0.15) is 11.9 Å². The Morgan fingerprint density at radius 2 is 1.85 bits per heavy atom. The monoisotopic (exact) mass is 366 g/mol. The van der Waals surface area contributed by atoms with E-state index in [2.05, 4.69) is 16.7 Å². The number of hydrogen-bond acceptors (Lipinski definition) is 5. The van der Waals surface area contributed by atoms with Crippen LogP contribution in [-0.4, -0.2) is 44.7 Å². The summed E-state index contributed by atoms with van der Waals surface area (Å²) < 4.78 is 10.8. The molecule has 0 saturated carbocycles. The highest BCUT2D eigenvalue weighted by Crippen LogP contribution is 2.32. The fraction of sp³-hybridized carbons (Fsp3) is 0.409. The van der Waals surface area contributed by atoms with Crippen molar-refractivity contribution in [3.05, 3.63) is 65.2 Å². The van der Waals surface area contributed by atoms with Crippen molar-refractivity contribution in [1.29, 1.82) is 0 Å².